The van der Waals surface area contributed by atoms with E-state index in [1.165, 1.54) is 67.2 Å². The SMILES string of the molecule is COc1cc(N=C(C#N)C#N)sc1C1=Cc2cc3c(cc2C1(C)C)-c1cc2c(cc1C3(C)C)C=C(c1sc(N=C(C#N)C#N)cc1OC)C2(C)C. The summed E-state index contributed by atoms with van der Waals surface area (Å²) in [4.78, 5) is 10.4. The smallest absolute Gasteiger partial charge is 0.219 e. The minimum atomic E-state index is -0.360. The number of hydrogen-bond donors (Lipinski definition) is 0. The van der Waals surface area contributed by atoms with E-state index in [-0.39, 0.29) is 27.7 Å². The molecular formula is C41H32N6O2S2. The first-order valence-corrected chi connectivity index (χ1v) is 17.8. The number of hydrogen-bond acceptors (Lipinski definition) is 10. The molecule has 0 spiro atoms. The van der Waals surface area contributed by atoms with Gasteiger partial charge in [-0.2, -0.15) is 21.0 Å². The molecule has 3 aliphatic carbocycles. The molecule has 0 atom stereocenters. The largest absolute Gasteiger partial charge is 0.495 e. The van der Waals surface area contributed by atoms with E-state index in [0.29, 0.717) is 21.5 Å². The number of rotatable bonds is 6. The van der Waals surface area contributed by atoms with Gasteiger partial charge in [0, 0.05) is 28.4 Å². The second-order valence-electron chi connectivity index (χ2n) is 14.3. The number of methoxy groups -OCH3 is 2. The average Bonchev–Trinajstić information content (AvgIpc) is 3.88. The number of nitrogens with zero attached hydrogens (tertiary/aromatic N) is 6. The zero-order valence-corrected chi connectivity index (χ0v) is 31.1. The molecule has 0 saturated heterocycles. The van der Waals surface area contributed by atoms with Crippen LogP contribution in [-0.4, -0.2) is 25.6 Å². The highest BCUT2D eigenvalue weighted by atomic mass is 32.1. The zero-order valence-electron chi connectivity index (χ0n) is 29.4. The van der Waals surface area contributed by atoms with Gasteiger partial charge in [0.25, 0.3) is 0 Å². The molecule has 0 saturated carbocycles. The molecule has 2 heterocycles. The fourth-order valence-electron chi connectivity index (χ4n) is 7.72. The lowest BCUT2D eigenvalue weighted by Gasteiger charge is -2.26. The second-order valence-corrected chi connectivity index (χ2v) is 16.4. The van der Waals surface area contributed by atoms with Crippen LogP contribution in [0.15, 0.2) is 46.4 Å². The molecule has 0 aliphatic heterocycles. The normalized spacial score (nSPS) is 16.1. The quantitative estimate of drug-likeness (QED) is 0.183. The number of allylic oxidation sites excluding steroid dienone is 2. The fourth-order valence-corrected chi connectivity index (χ4v) is 10.1. The summed E-state index contributed by atoms with van der Waals surface area (Å²) in [7, 11) is 3.25. The van der Waals surface area contributed by atoms with E-state index in [1.807, 2.05) is 24.3 Å². The van der Waals surface area contributed by atoms with Gasteiger partial charge in [-0.15, -0.1) is 22.7 Å². The van der Waals surface area contributed by atoms with Crippen molar-refractivity contribution in [3.05, 3.63) is 79.5 Å². The van der Waals surface area contributed by atoms with Crippen LogP contribution >= 0.6 is 22.7 Å². The standard InChI is InChI=1S/C41H32N6O2S2/c1-39(2)27-13-25-26-14-28-22(12-32(40(28,3)4)38-34(49-8)16-36(51-38)47-24(19-44)20-45)10-30(26)41(5,6)29(25)9-21(27)11-31(39)37-33(48-7)15-35(50-37)46-23(17-42)18-43/h9-16H,1-8H3. The third-order valence-corrected chi connectivity index (χ3v) is 12.6. The Kier molecular flexibility index (Phi) is 7.70. The van der Waals surface area contributed by atoms with Crippen LogP contribution in [0.5, 0.6) is 11.5 Å². The van der Waals surface area contributed by atoms with Gasteiger partial charge in [0.2, 0.25) is 11.4 Å². The molecule has 51 heavy (non-hydrogen) atoms. The Balaban J connectivity index is 1.31. The van der Waals surface area contributed by atoms with E-state index in [9.17, 15) is 21.0 Å². The first-order valence-electron chi connectivity index (χ1n) is 16.2. The molecule has 7 rings (SSSR count). The molecule has 2 aromatic carbocycles. The number of aliphatic imine (C=N–C) groups is 2. The van der Waals surface area contributed by atoms with Gasteiger partial charge in [-0.1, -0.05) is 41.5 Å². The molecule has 0 N–H and O–H groups in total. The van der Waals surface area contributed by atoms with Crippen LogP contribution in [0.3, 0.4) is 0 Å². The molecule has 0 bridgehead atoms. The van der Waals surface area contributed by atoms with E-state index in [4.69, 9.17) is 9.47 Å². The molecule has 250 valence electrons. The third-order valence-electron chi connectivity index (χ3n) is 10.5. The predicted molar refractivity (Wildman–Crippen MR) is 204 cm³/mol. The van der Waals surface area contributed by atoms with Crippen molar-refractivity contribution in [3.8, 4) is 46.9 Å². The lowest BCUT2D eigenvalue weighted by Crippen LogP contribution is -2.18. The Morgan fingerprint density at radius 2 is 0.922 bits per heavy atom. The molecule has 0 fully saturated rings. The molecule has 2 aromatic heterocycles. The first kappa shape index (κ1) is 33.7. The first-order chi connectivity index (χ1) is 24.2. The topological polar surface area (TPSA) is 138 Å². The van der Waals surface area contributed by atoms with Gasteiger partial charge in [0.1, 0.15) is 45.8 Å². The molecule has 0 unspecified atom stereocenters. The van der Waals surface area contributed by atoms with Crippen LogP contribution in [0, 0.1) is 45.3 Å². The summed E-state index contributed by atoms with van der Waals surface area (Å²) in [6.07, 6.45) is 4.49. The monoisotopic (exact) mass is 704 g/mol. The van der Waals surface area contributed by atoms with Crippen LogP contribution in [0.1, 0.15) is 84.7 Å². The van der Waals surface area contributed by atoms with Gasteiger partial charge >= 0.3 is 0 Å². The predicted octanol–water partition coefficient (Wildman–Crippen LogP) is 10.0. The summed E-state index contributed by atoms with van der Waals surface area (Å²) in [6.45, 7) is 13.5. The number of benzene rings is 2. The van der Waals surface area contributed by atoms with Gasteiger partial charge < -0.3 is 9.47 Å². The van der Waals surface area contributed by atoms with Crippen LogP contribution in [0.4, 0.5) is 10.0 Å². The van der Waals surface area contributed by atoms with Crippen LogP contribution in [0.25, 0.3) is 34.4 Å². The van der Waals surface area contributed by atoms with Gasteiger partial charge in [-0.3, -0.25) is 0 Å². The number of fused-ring (bicyclic) bond motifs is 5. The maximum atomic E-state index is 9.27. The maximum absolute atomic E-state index is 9.27. The zero-order chi connectivity index (χ0) is 36.6. The van der Waals surface area contributed by atoms with E-state index in [0.717, 1.165) is 20.9 Å². The van der Waals surface area contributed by atoms with Gasteiger partial charge in [-0.25, -0.2) is 9.98 Å². The summed E-state index contributed by atoms with van der Waals surface area (Å²) in [5.41, 5.74) is 10.6. The molecule has 4 aromatic rings. The highest BCUT2D eigenvalue weighted by Gasteiger charge is 2.44. The fraction of sp³-hybridized carbons (Fsp3) is 0.268. The lowest BCUT2D eigenvalue weighted by molar-refractivity contribution is 0.415. The van der Waals surface area contributed by atoms with Crippen molar-refractivity contribution >= 4 is 67.4 Å². The second kappa shape index (κ2) is 11.6. The van der Waals surface area contributed by atoms with Crippen molar-refractivity contribution in [2.45, 2.75) is 57.8 Å². The molecule has 3 aliphatic rings. The minimum absolute atomic E-state index is 0.194. The highest BCUT2D eigenvalue weighted by Crippen LogP contribution is 2.59. The van der Waals surface area contributed by atoms with Crippen molar-refractivity contribution in [2.75, 3.05) is 14.2 Å². The Morgan fingerprint density at radius 1 is 0.549 bits per heavy atom. The number of ether oxygens (including phenoxy) is 2. The molecule has 8 nitrogen and oxygen atoms in total. The molecule has 0 radical (unpaired) electrons. The van der Waals surface area contributed by atoms with Crippen molar-refractivity contribution in [2.24, 2.45) is 9.98 Å². The summed E-state index contributed by atoms with van der Waals surface area (Å²) in [6, 6.07) is 20.4. The molecule has 10 heteroatoms. The number of thiophene rings is 2. The lowest BCUT2D eigenvalue weighted by atomic mass is 9.77. The van der Waals surface area contributed by atoms with E-state index in [2.05, 4.69) is 87.9 Å². The highest BCUT2D eigenvalue weighted by molar-refractivity contribution is 7.17. The third kappa shape index (κ3) is 4.95. The Morgan fingerprint density at radius 3 is 1.25 bits per heavy atom. The Bertz CT molecular complexity index is 2320. The van der Waals surface area contributed by atoms with Crippen molar-refractivity contribution in [1.29, 1.82) is 21.0 Å². The van der Waals surface area contributed by atoms with Crippen LogP contribution < -0.4 is 9.47 Å². The maximum Gasteiger partial charge on any atom is 0.219 e. The minimum Gasteiger partial charge on any atom is -0.495 e. The molecule has 0 amide bonds. The van der Waals surface area contributed by atoms with E-state index < -0.39 is 0 Å². The van der Waals surface area contributed by atoms with Crippen molar-refractivity contribution in [3.63, 3.8) is 0 Å². The Hall–Kier alpha value is -5.78. The van der Waals surface area contributed by atoms with Crippen molar-refractivity contribution < 1.29 is 9.47 Å². The van der Waals surface area contributed by atoms with Crippen LogP contribution in [-0.2, 0) is 16.2 Å². The summed E-state index contributed by atoms with van der Waals surface area (Å²) in [5.74, 6) is 1.33. The Labute approximate surface area is 305 Å². The van der Waals surface area contributed by atoms with Gasteiger partial charge in [0.15, 0.2) is 0 Å². The molecular weight excluding hydrogens is 673 g/mol. The van der Waals surface area contributed by atoms with Crippen molar-refractivity contribution in [1.82, 2.24) is 0 Å². The van der Waals surface area contributed by atoms with Gasteiger partial charge in [0.05, 0.1) is 24.0 Å². The van der Waals surface area contributed by atoms with E-state index in [1.54, 1.807) is 26.4 Å². The van der Waals surface area contributed by atoms with Gasteiger partial charge in [-0.05, 0) is 92.1 Å². The van der Waals surface area contributed by atoms with E-state index >= 15 is 0 Å². The average molecular weight is 705 g/mol. The summed E-state index contributed by atoms with van der Waals surface area (Å²) >= 11 is 2.84. The van der Waals surface area contributed by atoms with Crippen LogP contribution in [0.2, 0.25) is 0 Å². The summed E-state index contributed by atoms with van der Waals surface area (Å²) in [5, 5.41) is 38.2. The number of nitriles is 4. The summed E-state index contributed by atoms with van der Waals surface area (Å²) < 4.78 is 11.6.